The summed E-state index contributed by atoms with van der Waals surface area (Å²) in [5.41, 5.74) is 1.36. The average Bonchev–Trinajstić information content (AvgIpc) is 3.32. The van der Waals surface area contributed by atoms with Gasteiger partial charge in [0.25, 0.3) is 11.1 Å². The number of nitrogens with zero attached hydrogens (tertiary/aromatic N) is 4. The first kappa shape index (κ1) is 21.7. The van der Waals surface area contributed by atoms with Crippen molar-refractivity contribution in [2.75, 3.05) is 6.54 Å². The first-order valence-electron chi connectivity index (χ1n) is 9.71. The summed E-state index contributed by atoms with van der Waals surface area (Å²) in [6, 6.07) is 15.3. The van der Waals surface area contributed by atoms with Gasteiger partial charge in [-0.1, -0.05) is 29.8 Å². The van der Waals surface area contributed by atoms with Gasteiger partial charge in [0, 0.05) is 29.3 Å². The van der Waals surface area contributed by atoms with E-state index in [9.17, 15) is 14.4 Å². The van der Waals surface area contributed by atoms with Crippen LogP contribution in [0.3, 0.4) is 0 Å². The molecule has 0 saturated heterocycles. The van der Waals surface area contributed by atoms with Gasteiger partial charge < -0.3 is 5.32 Å². The van der Waals surface area contributed by atoms with Gasteiger partial charge in [0.15, 0.2) is 0 Å². The molecule has 0 aliphatic rings. The summed E-state index contributed by atoms with van der Waals surface area (Å²) in [5, 5.41) is 9.57. The SMILES string of the molecule is O=C(Cn1cnc(-c2ccc(Cl)cc2)cc1=O)NCCn1nc(-c2cccs2)ccc1=O. The highest BCUT2D eigenvalue weighted by molar-refractivity contribution is 7.13. The number of aromatic nitrogens is 4. The van der Waals surface area contributed by atoms with E-state index in [1.54, 1.807) is 30.3 Å². The Labute approximate surface area is 191 Å². The second-order valence-electron chi connectivity index (χ2n) is 6.85. The van der Waals surface area contributed by atoms with Gasteiger partial charge in [-0.15, -0.1) is 11.3 Å². The van der Waals surface area contributed by atoms with E-state index in [0.717, 1.165) is 10.4 Å². The van der Waals surface area contributed by atoms with Crippen LogP contribution in [0.1, 0.15) is 0 Å². The maximum atomic E-state index is 12.4. The Morgan fingerprint density at radius 1 is 1.03 bits per heavy atom. The third kappa shape index (κ3) is 5.19. The van der Waals surface area contributed by atoms with E-state index in [2.05, 4.69) is 15.4 Å². The van der Waals surface area contributed by atoms with E-state index in [1.165, 1.54) is 39.0 Å². The molecule has 1 amide bonds. The molecule has 0 aliphatic heterocycles. The van der Waals surface area contributed by atoms with E-state index in [0.29, 0.717) is 16.4 Å². The molecule has 10 heteroatoms. The predicted molar refractivity (Wildman–Crippen MR) is 124 cm³/mol. The largest absolute Gasteiger partial charge is 0.353 e. The summed E-state index contributed by atoms with van der Waals surface area (Å²) < 4.78 is 2.53. The van der Waals surface area contributed by atoms with Crippen molar-refractivity contribution in [2.24, 2.45) is 0 Å². The monoisotopic (exact) mass is 467 g/mol. The summed E-state index contributed by atoms with van der Waals surface area (Å²) in [6.45, 7) is 0.238. The number of carbonyl (C=O) groups is 1. The molecule has 3 heterocycles. The minimum Gasteiger partial charge on any atom is -0.353 e. The molecule has 0 fully saturated rings. The molecule has 32 heavy (non-hydrogen) atoms. The Kier molecular flexibility index (Phi) is 6.58. The van der Waals surface area contributed by atoms with Crippen LogP contribution in [-0.4, -0.2) is 31.8 Å². The molecular formula is C22H18ClN5O3S. The molecule has 4 rings (SSSR count). The van der Waals surface area contributed by atoms with Gasteiger partial charge in [-0.3, -0.25) is 19.0 Å². The van der Waals surface area contributed by atoms with Crippen LogP contribution in [0.5, 0.6) is 0 Å². The van der Waals surface area contributed by atoms with Gasteiger partial charge in [-0.25, -0.2) is 9.67 Å². The zero-order valence-corrected chi connectivity index (χ0v) is 18.3. The van der Waals surface area contributed by atoms with Gasteiger partial charge in [0.1, 0.15) is 12.2 Å². The highest BCUT2D eigenvalue weighted by atomic mass is 35.5. The smallest absolute Gasteiger partial charge is 0.266 e. The van der Waals surface area contributed by atoms with Crippen molar-refractivity contribution in [3.63, 3.8) is 0 Å². The van der Waals surface area contributed by atoms with Crippen LogP contribution in [0.2, 0.25) is 5.02 Å². The Hall–Kier alpha value is -3.56. The fourth-order valence-electron chi connectivity index (χ4n) is 3.00. The van der Waals surface area contributed by atoms with Crippen LogP contribution >= 0.6 is 22.9 Å². The molecule has 1 aromatic carbocycles. The van der Waals surface area contributed by atoms with Gasteiger partial charge in [-0.05, 0) is 29.6 Å². The van der Waals surface area contributed by atoms with Crippen molar-refractivity contribution in [1.29, 1.82) is 0 Å². The molecule has 0 atom stereocenters. The number of benzene rings is 1. The van der Waals surface area contributed by atoms with Crippen molar-refractivity contribution in [3.05, 3.63) is 92.0 Å². The Bertz CT molecular complexity index is 1350. The van der Waals surface area contributed by atoms with Crippen LogP contribution in [0.15, 0.2) is 75.9 Å². The van der Waals surface area contributed by atoms with Gasteiger partial charge in [-0.2, -0.15) is 5.10 Å². The fraction of sp³-hybridized carbons (Fsp3) is 0.136. The zero-order chi connectivity index (χ0) is 22.5. The number of hydrogen-bond acceptors (Lipinski definition) is 6. The van der Waals surface area contributed by atoms with E-state index in [-0.39, 0.29) is 36.7 Å². The van der Waals surface area contributed by atoms with Crippen molar-refractivity contribution in [3.8, 4) is 21.8 Å². The van der Waals surface area contributed by atoms with Crippen molar-refractivity contribution in [2.45, 2.75) is 13.1 Å². The van der Waals surface area contributed by atoms with Gasteiger partial charge in [0.2, 0.25) is 5.91 Å². The van der Waals surface area contributed by atoms with E-state index < -0.39 is 0 Å². The number of amides is 1. The molecule has 0 bridgehead atoms. The molecule has 8 nitrogen and oxygen atoms in total. The van der Waals surface area contributed by atoms with Crippen LogP contribution in [0, 0.1) is 0 Å². The number of nitrogens with one attached hydrogen (secondary N) is 1. The summed E-state index contributed by atoms with van der Waals surface area (Å²) in [5.74, 6) is -0.365. The molecule has 0 aliphatic carbocycles. The molecular weight excluding hydrogens is 450 g/mol. The summed E-state index contributed by atoms with van der Waals surface area (Å²) in [7, 11) is 0. The van der Waals surface area contributed by atoms with E-state index in [1.807, 2.05) is 17.5 Å². The fourth-order valence-corrected chi connectivity index (χ4v) is 3.82. The van der Waals surface area contributed by atoms with Crippen LogP contribution in [-0.2, 0) is 17.9 Å². The number of rotatable bonds is 7. The minimum atomic E-state index is -0.365. The molecule has 1 N–H and O–H groups in total. The molecule has 3 aromatic heterocycles. The lowest BCUT2D eigenvalue weighted by atomic mass is 10.1. The number of hydrogen-bond donors (Lipinski definition) is 1. The summed E-state index contributed by atoms with van der Waals surface area (Å²) in [4.78, 5) is 41.9. The average molecular weight is 468 g/mol. The van der Waals surface area contributed by atoms with Gasteiger partial charge >= 0.3 is 0 Å². The normalized spacial score (nSPS) is 10.8. The highest BCUT2D eigenvalue weighted by Gasteiger charge is 2.08. The molecule has 162 valence electrons. The maximum absolute atomic E-state index is 12.4. The third-order valence-electron chi connectivity index (χ3n) is 4.62. The summed E-state index contributed by atoms with van der Waals surface area (Å²) in [6.07, 6.45) is 1.34. The Balaban J connectivity index is 1.35. The molecule has 0 spiro atoms. The van der Waals surface area contributed by atoms with E-state index in [4.69, 9.17) is 11.6 Å². The first-order chi connectivity index (χ1) is 15.5. The zero-order valence-electron chi connectivity index (χ0n) is 16.8. The van der Waals surface area contributed by atoms with Crippen LogP contribution < -0.4 is 16.4 Å². The molecule has 0 unspecified atom stereocenters. The molecule has 0 radical (unpaired) electrons. The quantitative estimate of drug-likeness (QED) is 0.450. The van der Waals surface area contributed by atoms with Crippen molar-refractivity contribution in [1.82, 2.24) is 24.6 Å². The minimum absolute atomic E-state index is 0.176. The Morgan fingerprint density at radius 2 is 1.84 bits per heavy atom. The predicted octanol–water partition coefficient (Wildman–Crippen LogP) is 2.67. The van der Waals surface area contributed by atoms with Gasteiger partial charge in [0.05, 0.1) is 23.4 Å². The lowest BCUT2D eigenvalue weighted by molar-refractivity contribution is -0.121. The van der Waals surface area contributed by atoms with Crippen molar-refractivity contribution < 1.29 is 4.79 Å². The Morgan fingerprint density at radius 3 is 2.56 bits per heavy atom. The number of thiophene rings is 1. The van der Waals surface area contributed by atoms with Crippen LogP contribution in [0.25, 0.3) is 21.8 Å². The van der Waals surface area contributed by atoms with E-state index >= 15 is 0 Å². The van der Waals surface area contributed by atoms with Crippen molar-refractivity contribution >= 4 is 28.8 Å². The lowest BCUT2D eigenvalue weighted by Crippen LogP contribution is -2.35. The van der Waals surface area contributed by atoms with Crippen LogP contribution in [0.4, 0.5) is 0 Å². The standard InChI is InChI=1S/C22H18ClN5O3S/c23-16-5-3-15(4-6-16)18-12-22(31)27(14-25-18)13-20(29)24-9-10-28-21(30)8-7-17(26-28)19-2-1-11-32-19/h1-8,11-12,14H,9-10,13H2,(H,24,29). The first-order valence-corrected chi connectivity index (χ1v) is 11.0. The number of carbonyl (C=O) groups excluding carboxylic acids is 1. The molecule has 4 aromatic rings. The molecule has 0 saturated carbocycles. The highest BCUT2D eigenvalue weighted by Crippen LogP contribution is 2.21. The third-order valence-corrected chi connectivity index (χ3v) is 5.76. The summed E-state index contributed by atoms with van der Waals surface area (Å²) >= 11 is 7.41. The number of halogens is 1. The maximum Gasteiger partial charge on any atom is 0.266 e. The topological polar surface area (TPSA) is 98.9 Å². The second-order valence-corrected chi connectivity index (χ2v) is 8.24. The second kappa shape index (κ2) is 9.71. The lowest BCUT2D eigenvalue weighted by Gasteiger charge is -2.09.